The number of nitrogens with zero attached hydrogens (tertiary/aromatic N) is 4. The fraction of sp³-hybridized carbons (Fsp3) is 0.429. The van der Waals surface area contributed by atoms with E-state index in [0.29, 0.717) is 5.52 Å². The quantitative estimate of drug-likeness (QED) is 0.164. The number of nitrogen functional groups attached to an aromatic ring is 1. The van der Waals surface area contributed by atoms with Gasteiger partial charge in [0.1, 0.15) is 35.8 Å². The maximum Gasteiger partial charge on any atom is 0.459 e. The van der Waals surface area contributed by atoms with Crippen molar-refractivity contribution in [3.63, 3.8) is 0 Å². The van der Waals surface area contributed by atoms with Crippen molar-refractivity contribution in [2.24, 2.45) is 0 Å². The van der Waals surface area contributed by atoms with Gasteiger partial charge in [-0.15, -0.1) is 0 Å². The minimum absolute atomic E-state index is 0.0758. The molecule has 1 fully saturated rings. The number of carbonyl (C=O) groups excluding carboxylic acids is 3. The van der Waals surface area contributed by atoms with Gasteiger partial charge in [-0.2, -0.15) is 15.4 Å². The van der Waals surface area contributed by atoms with Crippen LogP contribution >= 0.6 is 7.75 Å². The molecule has 0 unspecified atom stereocenters. The van der Waals surface area contributed by atoms with Gasteiger partial charge in [0.2, 0.25) is 5.60 Å². The Morgan fingerprint density at radius 2 is 1.82 bits per heavy atom. The summed E-state index contributed by atoms with van der Waals surface area (Å²) >= 11 is 0. The number of ether oxygens (including phenoxy) is 4. The summed E-state index contributed by atoms with van der Waals surface area (Å²) in [7, 11) is -4.42. The Balaban J connectivity index is 1.73. The predicted octanol–water partition coefficient (Wildman–Crippen LogP) is 2.43. The highest BCUT2D eigenvalue weighted by atomic mass is 31.2. The van der Waals surface area contributed by atoms with E-state index in [1.54, 1.807) is 32.0 Å². The van der Waals surface area contributed by atoms with Crippen LogP contribution in [0, 0.1) is 11.3 Å². The van der Waals surface area contributed by atoms with Crippen LogP contribution in [0.2, 0.25) is 0 Å². The van der Waals surface area contributed by atoms with Crippen molar-refractivity contribution in [3.05, 3.63) is 54.5 Å². The lowest BCUT2D eigenvalue weighted by molar-refractivity contribution is -0.166. The molecule has 3 N–H and O–H groups in total. The normalized spacial score (nSPS) is 23.1. The van der Waals surface area contributed by atoms with Crippen molar-refractivity contribution in [2.45, 2.75) is 70.7 Å². The number of nitriles is 1. The third-order valence-corrected chi connectivity index (χ3v) is 8.10. The summed E-state index contributed by atoms with van der Waals surface area (Å²) in [5.41, 5.74) is 4.25. The van der Waals surface area contributed by atoms with Crippen LogP contribution in [-0.4, -0.2) is 69.6 Å². The van der Waals surface area contributed by atoms with Crippen LogP contribution in [0.1, 0.15) is 40.3 Å². The Morgan fingerprint density at radius 3 is 2.44 bits per heavy atom. The number of esters is 3. The van der Waals surface area contributed by atoms with E-state index < -0.39 is 68.3 Å². The summed E-state index contributed by atoms with van der Waals surface area (Å²) in [5.74, 6) is -2.09. The molecular weight excluding hydrogens is 611 g/mol. The highest BCUT2D eigenvalue weighted by Gasteiger charge is 2.62. The maximum atomic E-state index is 14.1. The highest BCUT2D eigenvalue weighted by molar-refractivity contribution is 7.52. The molecular formula is C28H33N6O10P. The highest BCUT2D eigenvalue weighted by Crippen LogP contribution is 2.48. The molecule has 0 bridgehead atoms. The molecule has 0 radical (unpaired) electrons. The van der Waals surface area contributed by atoms with Crippen molar-refractivity contribution in [3.8, 4) is 11.8 Å². The van der Waals surface area contributed by atoms with Crippen molar-refractivity contribution in [2.75, 3.05) is 12.3 Å². The van der Waals surface area contributed by atoms with E-state index in [9.17, 15) is 24.2 Å². The number of carbonyl (C=O) groups is 3. The molecule has 0 saturated carbocycles. The second-order valence-electron chi connectivity index (χ2n) is 10.3. The van der Waals surface area contributed by atoms with Crippen LogP contribution in [-0.2, 0) is 48.0 Å². The number of benzene rings is 1. The van der Waals surface area contributed by atoms with Gasteiger partial charge in [0.25, 0.3) is 0 Å². The summed E-state index contributed by atoms with van der Waals surface area (Å²) < 4.78 is 49.3. The third kappa shape index (κ3) is 7.40. The molecule has 2 aromatic heterocycles. The number of nitrogens with one attached hydrogen (secondary N) is 1. The van der Waals surface area contributed by atoms with E-state index >= 15 is 0 Å². The number of hydrogen-bond acceptors (Lipinski definition) is 14. The molecule has 4 rings (SSSR count). The number of para-hydroxylation sites is 1. The second-order valence-corrected chi connectivity index (χ2v) is 12.0. The first-order valence-corrected chi connectivity index (χ1v) is 15.3. The number of rotatable bonds is 12. The molecule has 0 aliphatic carbocycles. The molecule has 1 saturated heterocycles. The van der Waals surface area contributed by atoms with E-state index in [1.807, 2.05) is 6.07 Å². The summed E-state index contributed by atoms with van der Waals surface area (Å²) in [4.78, 5) is 41.0. The van der Waals surface area contributed by atoms with Crippen LogP contribution in [0.25, 0.3) is 5.52 Å². The van der Waals surface area contributed by atoms with Crippen molar-refractivity contribution < 1.29 is 46.9 Å². The first-order chi connectivity index (χ1) is 21.3. The van der Waals surface area contributed by atoms with E-state index in [4.69, 9.17) is 33.7 Å². The first-order valence-electron chi connectivity index (χ1n) is 13.8. The van der Waals surface area contributed by atoms with Crippen molar-refractivity contribution in [1.82, 2.24) is 19.7 Å². The molecule has 0 amide bonds. The summed E-state index contributed by atoms with van der Waals surface area (Å²) in [6, 6.07) is 11.9. The number of nitrogens with two attached hydrogens (primary N) is 1. The van der Waals surface area contributed by atoms with E-state index in [1.165, 1.54) is 35.7 Å². The monoisotopic (exact) mass is 644 g/mol. The molecule has 3 heterocycles. The Kier molecular flexibility index (Phi) is 10.1. The maximum absolute atomic E-state index is 14.1. The van der Waals surface area contributed by atoms with Gasteiger partial charge in [0, 0.05) is 13.8 Å². The summed E-state index contributed by atoms with van der Waals surface area (Å²) in [5, 5.41) is 17.3. The van der Waals surface area contributed by atoms with Gasteiger partial charge in [0.15, 0.2) is 18.0 Å². The number of hydrogen-bond donors (Lipinski definition) is 2. The molecule has 3 aromatic rings. The largest absolute Gasteiger partial charge is 0.462 e. The topological polar surface area (TPSA) is 216 Å². The minimum Gasteiger partial charge on any atom is -0.462 e. The average molecular weight is 645 g/mol. The zero-order valence-electron chi connectivity index (χ0n) is 25.1. The molecule has 1 aliphatic heterocycles. The number of fused-ring (bicyclic) bond motifs is 1. The summed E-state index contributed by atoms with van der Waals surface area (Å²) in [6.07, 6.45) is -3.64. The Labute approximate surface area is 258 Å². The molecule has 1 aromatic carbocycles. The second kappa shape index (κ2) is 13.6. The molecule has 6 atom stereocenters. The van der Waals surface area contributed by atoms with Crippen molar-refractivity contribution in [1.29, 1.82) is 5.26 Å². The molecule has 1 aliphatic rings. The van der Waals surface area contributed by atoms with Crippen LogP contribution in [0.5, 0.6) is 5.75 Å². The average Bonchev–Trinajstić information content (AvgIpc) is 3.52. The lowest BCUT2D eigenvalue weighted by Crippen LogP contribution is -2.45. The van der Waals surface area contributed by atoms with Crippen molar-refractivity contribution >= 4 is 37.0 Å². The lowest BCUT2D eigenvalue weighted by Gasteiger charge is -2.28. The lowest BCUT2D eigenvalue weighted by atomic mass is 9.92. The minimum atomic E-state index is -4.42. The first kappa shape index (κ1) is 33.3. The van der Waals surface area contributed by atoms with Gasteiger partial charge in [-0.25, -0.2) is 14.1 Å². The molecule has 17 heteroatoms. The molecule has 240 valence electrons. The van der Waals surface area contributed by atoms with E-state index in [2.05, 4.69) is 15.2 Å². The SMILES string of the molecule is CC(=O)O[C@H]1[C@@H](OC(C)=O)[C@](C#N)(c2ccc3c(N)ncnn23)O[C@@H]1CO[P@@](=O)(N[C@@H](C)C(=O)OC(C)C)Oc1ccccc1. The third-order valence-electron chi connectivity index (χ3n) is 6.46. The van der Waals surface area contributed by atoms with Gasteiger partial charge >= 0.3 is 25.7 Å². The number of anilines is 1. The van der Waals surface area contributed by atoms with Gasteiger partial charge in [-0.3, -0.25) is 18.9 Å². The van der Waals surface area contributed by atoms with E-state index in [-0.39, 0.29) is 17.3 Å². The Hall–Kier alpha value is -4.55. The zero-order chi connectivity index (χ0) is 32.9. The standard InChI is InChI=1S/C28H33N6O10P/c1-16(2)40-27(37)17(3)33-45(38,44-20-9-7-6-8-10-20)39-13-22-24(41-18(4)35)25(42-19(5)36)28(14-29,43-22)23-12-11-21-26(30)31-15-32-34(21)23/h6-12,15-17,22,24-25H,13H2,1-5H3,(H,33,38)(H2,30,31,32)/t17-,22+,24+,25+,28-,45-/m0/s1. The zero-order valence-corrected chi connectivity index (χ0v) is 26.0. The van der Waals surface area contributed by atoms with Gasteiger partial charge in [-0.05, 0) is 45.0 Å². The van der Waals surface area contributed by atoms with Crippen LogP contribution in [0.15, 0.2) is 48.8 Å². The predicted molar refractivity (Wildman–Crippen MR) is 155 cm³/mol. The van der Waals surface area contributed by atoms with Crippen LogP contribution in [0.3, 0.4) is 0 Å². The molecule has 16 nitrogen and oxygen atoms in total. The Morgan fingerprint density at radius 1 is 1.13 bits per heavy atom. The smallest absolute Gasteiger partial charge is 0.459 e. The van der Waals surface area contributed by atoms with Crippen LogP contribution in [0.4, 0.5) is 5.82 Å². The summed E-state index contributed by atoms with van der Waals surface area (Å²) in [6.45, 7) is 6.31. The van der Waals surface area contributed by atoms with Gasteiger partial charge in [0.05, 0.1) is 18.4 Å². The Bertz CT molecular complexity index is 1640. The fourth-order valence-corrected chi connectivity index (χ4v) is 6.18. The van der Waals surface area contributed by atoms with Crippen LogP contribution < -0.4 is 15.3 Å². The van der Waals surface area contributed by atoms with E-state index in [0.717, 1.165) is 20.2 Å². The molecule has 0 spiro atoms. The molecule has 45 heavy (non-hydrogen) atoms. The van der Waals surface area contributed by atoms with Gasteiger partial charge < -0.3 is 29.2 Å². The fourth-order valence-electron chi connectivity index (χ4n) is 4.68. The number of aromatic nitrogens is 3. The van der Waals surface area contributed by atoms with Gasteiger partial charge in [-0.1, -0.05) is 18.2 Å².